The van der Waals surface area contributed by atoms with Crippen LogP contribution in [0.1, 0.15) is 51.4 Å². The number of nitrogens with two attached hydrogens (primary N) is 1. The van der Waals surface area contributed by atoms with E-state index in [4.69, 9.17) is 10.5 Å². The molecule has 1 amide bonds. The van der Waals surface area contributed by atoms with Crippen molar-refractivity contribution < 1.29 is 9.53 Å². The average molecular weight is 296 g/mol. The van der Waals surface area contributed by atoms with E-state index < -0.39 is 0 Å². The molecule has 1 heterocycles. The number of nitrogens with zero attached hydrogens (tertiary/aromatic N) is 1. The molecule has 0 spiro atoms. The average Bonchev–Trinajstić information content (AvgIpc) is 2.99. The molecule has 0 aromatic carbocycles. The lowest BCUT2D eigenvalue weighted by Crippen LogP contribution is -2.39. The summed E-state index contributed by atoms with van der Waals surface area (Å²) in [6.45, 7) is 1.96. The molecule has 4 N–H and O–H groups in total. The normalized spacial score (nSPS) is 24.0. The minimum absolute atomic E-state index is 0.0985. The van der Waals surface area contributed by atoms with Crippen LogP contribution >= 0.6 is 0 Å². The summed E-state index contributed by atoms with van der Waals surface area (Å²) in [4.78, 5) is 16.1. The third-order valence-corrected chi connectivity index (χ3v) is 4.12. The molecule has 0 radical (unpaired) electrons. The van der Waals surface area contributed by atoms with Crippen LogP contribution in [-0.2, 0) is 9.53 Å². The van der Waals surface area contributed by atoms with E-state index in [-0.39, 0.29) is 12.0 Å². The van der Waals surface area contributed by atoms with Crippen LogP contribution in [0, 0.1) is 0 Å². The van der Waals surface area contributed by atoms with Crippen molar-refractivity contribution in [3.05, 3.63) is 0 Å². The second kappa shape index (κ2) is 8.87. The zero-order valence-electron chi connectivity index (χ0n) is 12.8. The van der Waals surface area contributed by atoms with Gasteiger partial charge in [-0.25, -0.2) is 0 Å². The molecular formula is C15H28N4O2. The topological polar surface area (TPSA) is 88.7 Å². The Kier molecular flexibility index (Phi) is 6.79. The number of ether oxygens (including phenoxy) is 1. The monoisotopic (exact) mass is 296 g/mol. The fraction of sp³-hybridized carbons (Fsp3) is 0.867. The molecule has 2 aliphatic rings. The third-order valence-electron chi connectivity index (χ3n) is 4.12. The van der Waals surface area contributed by atoms with Gasteiger partial charge in [0.1, 0.15) is 0 Å². The van der Waals surface area contributed by atoms with Crippen LogP contribution in [0.5, 0.6) is 0 Å². The number of amides is 1. The highest BCUT2D eigenvalue weighted by Crippen LogP contribution is 2.17. The van der Waals surface area contributed by atoms with Crippen molar-refractivity contribution in [2.24, 2.45) is 10.7 Å². The van der Waals surface area contributed by atoms with Gasteiger partial charge in [0.25, 0.3) is 0 Å². The van der Waals surface area contributed by atoms with Gasteiger partial charge in [0, 0.05) is 25.6 Å². The van der Waals surface area contributed by atoms with E-state index in [1.54, 1.807) is 0 Å². The number of carbonyl (C=O) groups excluding carboxylic acids is 1. The van der Waals surface area contributed by atoms with Crippen LogP contribution < -0.4 is 16.4 Å². The van der Waals surface area contributed by atoms with Gasteiger partial charge < -0.3 is 21.1 Å². The summed E-state index contributed by atoms with van der Waals surface area (Å²) in [5, 5.41) is 6.08. The Balaban J connectivity index is 1.54. The molecule has 6 nitrogen and oxygen atoms in total. The zero-order chi connectivity index (χ0) is 14.9. The predicted molar refractivity (Wildman–Crippen MR) is 83.1 cm³/mol. The molecular weight excluding hydrogens is 268 g/mol. The molecule has 1 saturated carbocycles. The lowest BCUT2D eigenvalue weighted by Gasteiger charge is -2.22. The molecule has 1 aliphatic carbocycles. The quantitative estimate of drug-likeness (QED) is 0.502. The van der Waals surface area contributed by atoms with Crippen molar-refractivity contribution >= 4 is 11.9 Å². The van der Waals surface area contributed by atoms with E-state index in [1.165, 1.54) is 19.3 Å². The summed E-state index contributed by atoms with van der Waals surface area (Å²) in [6, 6.07) is 0.372. The van der Waals surface area contributed by atoms with Gasteiger partial charge in [0.2, 0.25) is 5.91 Å². The van der Waals surface area contributed by atoms with Gasteiger partial charge in [0.05, 0.1) is 12.6 Å². The second-order valence-electron chi connectivity index (χ2n) is 5.94. The number of carbonyl (C=O) groups is 1. The van der Waals surface area contributed by atoms with E-state index in [2.05, 4.69) is 15.6 Å². The lowest BCUT2D eigenvalue weighted by atomic mass is 9.95. The maximum atomic E-state index is 11.8. The molecule has 2 rings (SSSR count). The van der Waals surface area contributed by atoms with Gasteiger partial charge in [-0.2, -0.15) is 0 Å². The Morgan fingerprint density at radius 2 is 2.00 bits per heavy atom. The molecule has 1 aliphatic heterocycles. The van der Waals surface area contributed by atoms with Gasteiger partial charge in [0.15, 0.2) is 5.96 Å². The smallest absolute Gasteiger partial charge is 0.221 e. The highest BCUT2D eigenvalue weighted by Gasteiger charge is 2.16. The Morgan fingerprint density at radius 3 is 2.71 bits per heavy atom. The van der Waals surface area contributed by atoms with Crippen LogP contribution in [0.2, 0.25) is 0 Å². The first-order valence-electron chi connectivity index (χ1n) is 8.19. The number of guanidine groups is 1. The maximum absolute atomic E-state index is 11.8. The van der Waals surface area contributed by atoms with Crippen molar-refractivity contribution in [2.45, 2.75) is 63.5 Å². The van der Waals surface area contributed by atoms with Crippen molar-refractivity contribution in [2.75, 3.05) is 19.7 Å². The van der Waals surface area contributed by atoms with Crippen LogP contribution in [-0.4, -0.2) is 43.7 Å². The van der Waals surface area contributed by atoms with Crippen molar-refractivity contribution in [3.63, 3.8) is 0 Å². The molecule has 1 unspecified atom stereocenters. The molecule has 1 saturated heterocycles. The van der Waals surface area contributed by atoms with Gasteiger partial charge in [-0.1, -0.05) is 19.3 Å². The zero-order valence-corrected chi connectivity index (χ0v) is 12.8. The fourth-order valence-corrected chi connectivity index (χ4v) is 2.90. The highest BCUT2D eigenvalue weighted by molar-refractivity contribution is 5.80. The minimum Gasteiger partial charge on any atom is -0.376 e. The first-order valence-corrected chi connectivity index (χ1v) is 8.19. The van der Waals surface area contributed by atoms with Crippen molar-refractivity contribution in [1.29, 1.82) is 0 Å². The Bertz CT molecular complexity index is 348. The molecule has 1 atom stereocenters. The van der Waals surface area contributed by atoms with Crippen LogP contribution in [0.3, 0.4) is 0 Å². The van der Waals surface area contributed by atoms with Gasteiger partial charge in [-0.05, 0) is 25.7 Å². The first kappa shape index (κ1) is 16.1. The molecule has 2 fully saturated rings. The van der Waals surface area contributed by atoms with Gasteiger partial charge in [-0.15, -0.1) is 0 Å². The van der Waals surface area contributed by atoms with E-state index in [1.807, 2.05) is 0 Å². The molecule has 0 aromatic rings. The number of nitrogens with one attached hydrogen (secondary N) is 2. The lowest BCUT2D eigenvalue weighted by molar-refractivity contribution is -0.121. The van der Waals surface area contributed by atoms with E-state index in [0.717, 1.165) is 32.3 Å². The van der Waals surface area contributed by atoms with Gasteiger partial charge in [-0.3, -0.25) is 9.79 Å². The Hall–Kier alpha value is -1.30. The molecule has 0 bridgehead atoms. The first-order chi connectivity index (χ1) is 10.2. The molecule has 0 aromatic heterocycles. The third kappa shape index (κ3) is 6.33. The fourth-order valence-electron chi connectivity index (χ4n) is 2.90. The predicted octanol–water partition coefficient (Wildman–Crippen LogP) is 0.909. The molecule has 120 valence electrons. The minimum atomic E-state index is 0.0985. The van der Waals surface area contributed by atoms with Gasteiger partial charge >= 0.3 is 0 Å². The number of hydrogen-bond acceptors (Lipinski definition) is 3. The Morgan fingerprint density at radius 1 is 1.19 bits per heavy atom. The van der Waals surface area contributed by atoms with Crippen LogP contribution in [0.4, 0.5) is 0 Å². The van der Waals surface area contributed by atoms with Crippen LogP contribution in [0.15, 0.2) is 4.99 Å². The molecule has 21 heavy (non-hydrogen) atoms. The SMILES string of the molecule is NC(=NCC1CCCO1)NCCC(=O)NC1CCCCC1. The summed E-state index contributed by atoms with van der Waals surface area (Å²) in [7, 11) is 0. The largest absolute Gasteiger partial charge is 0.376 e. The van der Waals surface area contributed by atoms with E-state index in [9.17, 15) is 4.79 Å². The summed E-state index contributed by atoms with van der Waals surface area (Å²) in [5.41, 5.74) is 5.77. The summed E-state index contributed by atoms with van der Waals surface area (Å²) in [5.74, 6) is 0.497. The standard InChI is InChI=1S/C15H28N4O2/c16-15(18-11-13-7-4-10-21-13)17-9-8-14(20)19-12-5-2-1-3-6-12/h12-13H,1-11H2,(H,19,20)(H3,16,17,18). The number of rotatable bonds is 6. The van der Waals surface area contributed by atoms with Crippen molar-refractivity contribution in [3.8, 4) is 0 Å². The highest BCUT2D eigenvalue weighted by atomic mass is 16.5. The van der Waals surface area contributed by atoms with E-state index >= 15 is 0 Å². The summed E-state index contributed by atoms with van der Waals surface area (Å²) < 4.78 is 5.48. The van der Waals surface area contributed by atoms with Crippen LogP contribution in [0.25, 0.3) is 0 Å². The number of aliphatic imine (C=N–C) groups is 1. The number of hydrogen-bond donors (Lipinski definition) is 3. The second-order valence-corrected chi connectivity index (χ2v) is 5.94. The Labute approximate surface area is 126 Å². The van der Waals surface area contributed by atoms with E-state index in [0.29, 0.717) is 31.5 Å². The molecule has 6 heteroatoms. The maximum Gasteiger partial charge on any atom is 0.221 e. The van der Waals surface area contributed by atoms with Crippen molar-refractivity contribution in [1.82, 2.24) is 10.6 Å². The summed E-state index contributed by atoms with van der Waals surface area (Å²) >= 11 is 0. The summed E-state index contributed by atoms with van der Waals surface area (Å²) in [6.07, 6.45) is 8.79.